The van der Waals surface area contributed by atoms with E-state index in [-0.39, 0.29) is 24.0 Å². The molecule has 0 spiro atoms. The molecule has 136 valence electrons. The molecule has 2 N–H and O–H groups in total. The van der Waals surface area contributed by atoms with Gasteiger partial charge in [0, 0.05) is 0 Å². The van der Waals surface area contributed by atoms with E-state index in [2.05, 4.69) is 5.32 Å². The fourth-order valence-electron chi connectivity index (χ4n) is 2.46. The molecule has 2 aromatic carbocycles. The second-order valence-corrected chi connectivity index (χ2v) is 5.90. The van der Waals surface area contributed by atoms with Crippen LogP contribution >= 0.6 is 0 Å². The van der Waals surface area contributed by atoms with Crippen LogP contribution in [-0.2, 0) is 9.53 Å². The molecule has 0 aliphatic carbocycles. The predicted molar refractivity (Wildman–Crippen MR) is 92.5 cm³/mol. The molecular weight excluding hydrogens is 338 g/mol. The molecular formula is C19H19NO6. The number of carbonyl (C=O) groups excluding carboxylic acids is 2. The highest BCUT2D eigenvalue weighted by Crippen LogP contribution is 2.30. The molecule has 1 aliphatic heterocycles. The van der Waals surface area contributed by atoms with Crippen LogP contribution in [0.2, 0.25) is 0 Å². The molecule has 1 amide bonds. The average Bonchev–Trinajstić information content (AvgIpc) is 2.66. The number of nitrogens with one attached hydrogen (secondary N) is 1. The first kappa shape index (κ1) is 17.6. The number of aromatic hydroxyl groups is 1. The zero-order valence-corrected chi connectivity index (χ0v) is 14.2. The summed E-state index contributed by atoms with van der Waals surface area (Å²) >= 11 is 0. The van der Waals surface area contributed by atoms with E-state index in [0.717, 1.165) is 5.56 Å². The third-order valence-electron chi connectivity index (χ3n) is 3.80. The van der Waals surface area contributed by atoms with Gasteiger partial charge in [-0.15, -0.1) is 0 Å². The van der Waals surface area contributed by atoms with Crippen molar-refractivity contribution in [2.45, 2.75) is 13.0 Å². The Morgan fingerprint density at radius 1 is 1.23 bits per heavy atom. The van der Waals surface area contributed by atoms with Crippen molar-refractivity contribution in [3.05, 3.63) is 53.6 Å². The summed E-state index contributed by atoms with van der Waals surface area (Å²) in [6.45, 7) is 1.87. The van der Waals surface area contributed by atoms with Gasteiger partial charge in [-0.05, 0) is 31.2 Å². The van der Waals surface area contributed by atoms with Crippen molar-refractivity contribution in [2.75, 3.05) is 19.8 Å². The van der Waals surface area contributed by atoms with Gasteiger partial charge in [0.25, 0.3) is 5.91 Å². The molecule has 0 radical (unpaired) electrons. The largest absolute Gasteiger partial charge is 0.507 e. The number of para-hydroxylation sites is 2. The van der Waals surface area contributed by atoms with Gasteiger partial charge < -0.3 is 24.6 Å². The van der Waals surface area contributed by atoms with Crippen molar-refractivity contribution < 1.29 is 28.9 Å². The Balaban J connectivity index is 1.45. The number of aryl methyl sites for hydroxylation is 1. The maximum Gasteiger partial charge on any atom is 0.342 e. The third kappa shape index (κ3) is 4.24. The third-order valence-corrected chi connectivity index (χ3v) is 3.80. The van der Waals surface area contributed by atoms with Crippen LogP contribution in [-0.4, -0.2) is 42.8 Å². The molecule has 2 aromatic rings. The number of phenolic OH excluding ortho intramolecular Hbond substituents is 1. The molecule has 1 unspecified atom stereocenters. The van der Waals surface area contributed by atoms with Gasteiger partial charge in [-0.1, -0.05) is 23.8 Å². The highest BCUT2D eigenvalue weighted by molar-refractivity contribution is 5.94. The van der Waals surface area contributed by atoms with E-state index in [9.17, 15) is 14.7 Å². The number of amides is 1. The van der Waals surface area contributed by atoms with Crippen LogP contribution in [0.3, 0.4) is 0 Å². The Kier molecular flexibility index (Phi) is 5.26. The molecule has 1 heterocycles. The minimum Gasteiger partial charge on any atom is -0.507 e. The number of hydrogen-bond acceptors (Lipinski definition) is 6. The zero-order valence-electron chi connectivity index (χ0n) is 14.2. The average molecular weight is 357 g/mol. The molecule has 0 fully saturated rings. The summed E-state index contributed by atoms with van der Waals surface area (Å²) in [6, 6.07) is 11.9. The van der Waals surface area contributed by atoms with E-state index in [1.165, 1.54) is 12.1 Å². The lowest BCUT2D eigenvalue weighted by molar-refractivity contribution is -0.124. The Bertz CT molecular complexity index is 819. The maximum absolute atomic E-state index is 12.0. The van der Waals surface area contributed by atoms with Crippen molar-refractivity contribution in [1.82, 2.24) is 5.32 Å². The van der Waals surface area contributed by atoms with Crippen LogP contribution in [0.5, 0.6) is 17.2 Å². The van der Waals surface area contributed by atoms with Crippen LogP contribution < -0.4 is 14.8 Å². The summed E-state index contributed by atoms with van der Waals surface area (Å²) in [4.78, 5) is 23.8. The van der Waals surface area contributed by atoms with Gasteiger partial charge in [0.1, 0.15) is 24.0 Å². The minimum atomic E-state index is -0.757. The summed E-state index contributed by atoms with van der Waals surface area (Å²) in [5.41, 5.74) is 0.826. The van der Waals surface area contributed by atoms with Crippen molar-refractivity contribution in [3.63, 3.8) is 0 Å². The number of rotatable bonds is 5. The van der Waals surface area contributed by atoms with Gasteiger partial charge in [-0.25, -0.2) is 4.79 Å². The van der Waals surface area contributed by atoms with Gasteiger partial charge >= 0.3 is 5.97 Å². The van der Waals surface area contributed by atoms with E-state index >= 15 is 0 Å². The molecule has 3 rings (SSSR count). The summed E-state index contributed by atoms with van der Waals surface area (Å²) < 4.78 is 16.2. The molecule has 0 saturated carbocycles. The van der Waals surface area contributed by atoms with E-state index in [1.807, 2.05) is 18.2 Å². The first-order chi connectivity index (χ1) is 12.5. The molecule has 1 atom stereocenters. The molecule has 7 nitrogen and oxygen atoms in total. The summed E-state index contributed by atoms with van der Waals surface area (Å²) in [6.07, 6.45) is -0.328. The monoisotopic (exact) mass is 357 g/mol. The lowest BCUT2D eigenvalue weighted by atomic mass is 10.1. The Morgan fingerprint density at radius 2 is 2.00 bits per heavy atom. The molecule has 0 saturated heterocycles. The summed E-state index contributed by atoms with van der Waals surface area (Å²) in [5.74, 6) is -0.116. The van der Waals surface area contributed by atoms with Crippen LogP contribution in [0.15, 0.2) is 42.5 Å². The van der Waals surface area contributed by atoms with Crippen LogP contribution in [0.4, 0.5) is 0 Å². The Morgan fingerprint density at radius 3 is 2.81 bits per heavy atom. The van der Waals surface area contributed by atoms with Crippen LogP contribution in [0, 0.1) is 6.92 Å². The van der Waals surface area contributed by atoms with E-state index in [0.29, 0.717) is 18.1 Å². The molecule has 0 bridgehead atoms. The molecule has 1 aliphatic rings. The second kappa shape index (κ2) is 7.77. The lowest BCUT2D eigenvalue weighted by Gasteiger charge is -2.26. The number of ether oxygens (including phenoxy) is 3. The number of esters is 1. The van der Waals surface area contributed by atoms with E-state index in [1.54, 1.807) is 19.1 Å². The van der Waals surface area contributed by atoms with Crippen LogP contribution in [0.1, 0.15) is 15.9 Å². The number of fused-ring (bicyclic) bond motifs is 1. The number of benzene rings is 2. The minimum absolute atomic E-state index is 0.0263. The van der Waals surface area contributed by atoms with Crippen molar-refractivity contribution in [2.24, 2.45) is 0 Å². The Hall–Kier alpha value is -3.22. The number of phenols is 1. The topological polar surface area (TPSA) is 94.1 Å². The highest BCUT2D eigenvalue weighted by Gasteiger charge is 2.21. The maximum atomic E-state index is 12.0. The fraction of sp³-hybridized carbons (Fsp3) is 0.263. The standard InChI is InChI=1S/C19H19NO6/c1-12-6-7-15(21)14(8-12)19(23)25-11-18(22)20-9-13-10-24-16-4-2-3-5-17(16)26-13/h2-8,13,21H,9-11H2,1H3,(H,20,22). The lowest BCUT2D eigenvalue weighted by Crippen LogP contribution is -2.42. The molecule has 0 aromatic heterocycles. The highest BCUT2D eigenvalue weighted by atomic mass is 16.6. The molecule has 7 heteroatoms. The van der Waals surface area contributed by atoms with Crippen molar-refractivity contribution in [3.8, 4) is 17.2 Å². The second-order valence-electron chi connectivity index (χ2n) is 5.90. The van der Waals surface area contributed by atoms with Gasteiger partial charge in [-0.3, -0.25) is 4.79 Å². The SMILES string of the molecule is Cc1ccc(O)c(C(=O)OCC(=O)NCC2COc3ccccc3O2)c1. The van der Waals surface area contributed by atoms with E-state index < -0.39 is 18.5 Å². The van der Waals surface area contributed by atoms with Crippen LogP contribution in [0.25, 0.3) is 0 Å². The van der Waals surface area contributed by atoms with Gasteiger partial charge in [0.2, 0.25) is 0 Å². The van der Waals surface area contributed by atoms with Crippen molar-refractivity contribution >= 4 is 11.9 Å². The molecule has 26 heavy (non-hydrogen) atoms. The smallest absolute Gasteiger partial charge is 0.342 e. The normalized spacial score (nSPS) is 15.2. The van der Waals surface area contributed by atoms with Gasteiger partial charge in [0.15, 0.2) is 18.1 Å². The van der Waals surface area contributed by atoms with Crippen molar-refractivity contribution in [1.29, 1.82) is 0 Å². The Labute approximate surface area is 150 Å². The summed E-state index contributed by atoms with van der Waals surface area (Å²) in [5, 5.41) is 12.3. The number of hydrogen-bond donors (Lipinski definition) is 2. The summed E-state index contributed by atoms with van der Waals surface area (Å²) in [7, 11) is 0. The first-order valence-corrected chi connectivity index (χ1v) is 8.15. The van der Waals surface area contributed by atoms with E-state index in [4.69, 9.17) is 14.2 Å². The number of carbonyl (C=O) groups is 2. The first-order valence-electron chi connectivity index (χ1n) is 8.15. The van der Waals surface area contributed by atoms with Gasteiger partial charge in [0.05, 0.1) is 6.54 Å². The predicted octanol–water partition coefficient (Wildman–Crippen LogP) is 1.81. The van der Waals surface area contributed by atoms with Gasteiger partial charge in [-0.2, -0.15) is 0 Å². The fourth-order valence-corrected chi connectivity index (χ4v) is 2.46. The zero-order chi connectivity index (χ0) is 18.5. The quantitative estimate of drug-likeness (QED) is 0.793.